The Labute approximate surface area is 234 Å². The van der Waals surface area contributed by atoms with Crippen LogP contribution in [0.3, 0.4) is 0 Å². The Balaban J connectivity index is 1.70. The second kappa shape index (κ2) is 10.2. The maximum atomic E-state index is 12.8. The van der Waals surface area contributed by atoms with E-state index in [1.54, 1.807) is 13.2 Å². The fraction of sp³-hybridized carbons (Fsp3) is 0.606. The first kappa shape index (κ1) is 28.1. The maximum absolute atomic E-state index is 12.8. The van der Waals surface area contributed by atoms with Crippen molar-refractivity contribution < 1.29 is 23.7 Å². The second-order valence-corrected chi connectivity index (χ2v) is 12.6. The number of allylic oxidation sites excluding steroid dienone is 3. The molecule has 2 saturated heterocycles. The zero-order chi connectivity index (χ0) is 28.2. The minimum absolute atomic E-state index is 0.0475. The third-order valence-corrected chi connectivity index (χ3v) is 9.78. The SMILES string of the molecule is C=C[C@H]1C[C@@](C)(CCC)O[C@@]2(C)[C@H]3Cc4ccc(OC(=O)/C=C/C=C(C)C)c5c4[C@@]2(CCN3C)[C@@H](O5)C1OC. The summed E-state index contributed by atoms with van der Waals surface area (Å²) < 4.78 is 26.7. The number of likely N-dealkylation sites (N-methyl/N-ethyl adjacent to an activating group) is 1. The maximum Gasteiger partial charge on any atom is 0.336 e. The van der Waals surface area contributed by atoms with E-state index >= 15 is 0 Å². The van der Waals surface area contributed by atoms with Crippen LogP contribution in [0.25, 0.3) is 0 Å². The molecule has 1 unspecified atom stereocenters. The monoisotopic (exact) mass is 535 g/mol. The molecule has 0 N–H and O–H groups in total. The van der Waals surface area contributed by atoms with Crippen molar-refractivity contribution in [2.45, 2.75) is 102 Å². The van der Waals surface area contributed by atoms with Crippen LogP contribution in [0.15, 0.2) is 48.6 Å². The van der Waals surface area contributed by atoms with Gasteiger partial charge in [0.1, 0.15) is 12.2 Å². The van der Waals surface area contributed by atoms with Crippen LogP contribution in [-0.4, -0.2) is 61.0 Å². The molecule has 212 valence electrons. The van der Waals surface area contributed by atoms with Gasteiger partial charge in [-0.1, -0.05) is 43.2 Å². The normalized spacial score (nSPS) is 36.9. The molecule has 1 aromatic carbocycles. The van der Waals surface area contributed by atoms with Crippen molar-refractivity contribution in [1.29, 1.82) is 0 Å². The number of hydrogen-bond donors (Lipinski definition) is 0. The first-order chi connectivity index (χ1) is 18.5. The van der Waals surface area contributed by atoms with Crippen molar-refractivity contribution in [1.82, 2.24) is 4.90 Å². The summed E-state index contributed by atoms with van der Waals surface area (Å²) in [6, 6.07) is 4.20. The molecule has 6 nitrogen and oxygen atoms in total. The number of methoxy groups -OCH3 is 1. The minimum atomic E-state index is -0.526. The Hall–Kier alpha value is -2.41. The van der Waals surface area contributed by atoms with E-state index < -0.39 is 17.0 Å². The van der Waals surface area contributed by atoms with Gasteiger partial charge in [-0.25, -0.2) is 4.79 Å². The Morgan fingerprint density at radius 1 is 1.28 bits per heavy atom. The first-order valence-electron chi connectivity index (χ1n) is 14.5. The van der Waals surface area contributed by atoms with Crippen LogP contribution in [0.2, 0.25) is 0 Å². The molecule has 1 aliphatic carbocycles. The highest BCUT2D eigenvalue weighted by Crippen LogP contribution is 2.65. The number of nitrogens with zero attached hydrogens (tertiary/aromatic N) is 1. The van der Waals surface area contributed by atoms with Crippen LogP contribution in [0.4, 0.5) is 0 Å². The van der Waals surface area contributed by atoms with E-state index in [0.29, 0.717) is 11.5 Å². The molecule has 3 heterocycles. The number of carbonyl (C=O) groups excluding carboxylic acids is 1. The average Bonchev–Trinajstić information content (AvgIpc) is 3.20. The molecular formula is C33H45NO5. The van der Waals surface area contributed by atoms with Gasteiger partial charge in [-0.2, -0.15) is 0 Å². The molecule has 2 fully saturated rings. The molecule has 0 radical (unpaired) electrons. The lowest BCUT2D eigenvalue weighted by molar-refractivity contribution is -0.265. The van der Waals surface area contributed by atoms with Crippen LogP contribution in [-0.2, 0) is 26.1 Å². The fourth-order valence-corrected chi connectivity index (χ4v) is 8.22. The van der Waals surface area contributed by atoms with Crippen LogP contribution in [0.5, 0.6) is 11.5 Å². The molecule has 39 heavy (non-hydrogen) atoms. The molecule has 0 saturated carbocycles. The topological polar surface area (TPSA) is 57.2 Å². The molecule has 6 heteroatoms. The second-order valence-electron chi connectivity index (χ2n) is 12.6. The van der Waals surface area contributed by atoms with Crippen molar-refractivity contribution >= 4 is 5.97 Å². The van der Waals surface area contributed by atoms with Gasteiger partial charge >= 0.3 is 5.97 Å². The van der Waals surface area contributed by atoms with Crippen LogP contribution >= 0.6 is 0 Å². The average molecular weight is 536 g/mol. The number of hydrogen-bond acceptors (Lipinski definition) is 6. The van der Waals surface area contributed by atoms with E-state index in [4.69, 9.17) is 18.9 Å². The zero-order valence-corrected chi connectivity index (χ0v) is 24.7. The summed E-state index contributed by atoms with van der Waals surface area (Å²) in [5, 5.41) is 0. The van der Waals surface area contributed by atoms with Gasteiger partial charge in [0.25, 0.3) is 0 Å². The van der Waals surface area contributed by atoms with Crippen LogP contribution < -0.4 is 9.47 Å². The van der Waals surface area contributed by atoms with Gasteiger partial charge < -0.3 is 23.8 Å². The molecule has 4 aliphatic rings. The molecule has 5 rings (SSSR count). The summed E-state index contributed by atoms with van der Waals surface area (Å²) >= 11 is 0. The Bertz CT molecular complexity index is 1200. The van der Waals surface area contributed by atoms with E-state index in [1.165, 1.54) is 11.6 Å². The number of esters is 1. The summed E-state index contributed by atoms with van der Waals surface area (Å²) in [5.74, 6) is 0.755. The number of benzene rings is 1. The summed E-state index contributed by atoms with van der Waals surface area (Å²) in [4.78, 5) is 15.3. The highest BCUT2D eigenvalue weighted by Gasteiger charge is 2.72. The number of likely N-dealkylation sites (tertiary alicyclic amines) is 1. The zero-order valence-electron chi connectivity index (χ0n) is 24.7. The molecule has 0 aromatic heterocycles. The minimum Gasteiger partial charge on any atom is -0.482 e. The third kappa shape index (κ3) is 4.30. The highest BCUT2D eigenvalue weighted by atomic mass is 16.6. The number of ether oxygens (including phenoxy) is 4. The standard InChI is InChI=1S/C33H45NO5/c1-9-16-31(5)20-22(10-2)28(36-8)30-33-17-18-34(7)25(32(33,6)39-31)19-23-14-15-24(29(38-30)27(23)33)37-26(35)13-11-12-21(3)4/h10-15,22,25,28,30H,2,9,16-20H2,1,3-8H3/b13-11+/t22-,25+,28?,30-,31+,32-,33-/m0/s1. The number of piperidine rings is 1. The predicted molar refractivity (Wildman–Crippen MR) is 153 cm³/mol. The molecule has 1 aromatic rings. The summed E-state index contributed by atoms with van der Waals surface area (Å²) in [6.45, 7) is 15.9. The van der Waals surface area contributed by atoms with Crippen molar-refractivity contribution in [3.8, 4) is 11.5 Å². The lowest BCUT2D eigenvalue weighted by Crippen LogP contribution is -2.76. The van der Waals surface area contributed by atoms with E-state index in [9.17, 15) is 4.79 Å². The Morgan fingerprint density at radius 3 is 2.72 bits per heavy atom. The van der Waals surface area contributed by atoms with Gasteiger partial charge in [0.05, 0.1) is 16.6 Å². The van der Waals surface area contributed by atoms with Crippen molar-refractivity contribution in [3.63, 3.8) is 0 Å². The predicted octanol–water partition coefficient (Wildman–Crippen LogP) is 5.93. The summed E-state index contributed by atoms with van der Waals surface area (Å²) in [6.07, 6.45) is 11.1. The van der Waals surface area contributed by atoms with E-state index in [-0.39, 0.29) is 29.8 Å². The van der Waals surface area contributed by atoms with Gasteiger partial charge in [0.15, 0.2) is 11.5 Å². The third-order valence-electron chi connectivity index (χ3n) is 9.78. The van der Waals surface area contributed by atoms with Gasteiger partial charge in [-0.05, 0) is 78.6 Å². The fourth-order valence-electron chi connectivity index (χ4n) is 8.22. The Morgan fingerprint density at radius 2 is 2.05 bits per heavy atom. The van der Waals surface area contributed by atoms with Gasteiger partial charge in [-0.3, -0.25) is 0 Å². The largest absolute Gasteiger partial charge is 0.482 e. The van der Waals surface area contributed by atoms with E-state index in [2.05, 4.69) is 45.4 Å². The molecule has 3 aliphatic heterocycles. The lowest BCUT2D eigenvalue weighted by atomic mass is 9.51. The van der Waals surface area contributed by atoms with Gasteiger partial charge in [-0.15, -0.1) is 6.58 Å². The van der Waals surface area contributed by atoms with E-state index in [1.807, 2.05) is 32.1 Å². The van der Waals surface area contributed by atoms with Gasteiger partial charge in [0, 0.05) is 30.7 Å². The number of carbonyl (C=O) groups is 1. The van der Waals surface area contributed by atoms with Crippen LogP contribution in [0, 0.1) is 5.92 Å². The molecule has 2 bridgehead atoms. The van der Waals surface area contributed by atoms with Gasteiger partial charge in [0.2, 0.25) is 0 Å². The molecule has 0 amide bonds. The molecular weight excluding hydrogens is 490 g/mol. The lowest BCUT2D eigenvalue weighted by Gasteiger charge is -2.65. The summed E-state index contributed by atoms with van der Waals surface area (Å²) in [5.41, 5.74) is 2.18. The Kier molecular flexibility index (Phi) is 7.36. The van der Waals surface area contributed by atoms with Crippen molar-refractivity contribution in [3.05, 3.63) is 59.7 Å². The molecule has 7 atom stereocenters. The van der Waals surface area contributed by atoms with Crippen molar-refractivity contribution in [2.24, 2.45) is 5.92 Å². The first-order valence-corrected chi connectivity index (χ1v) is 14.5. The van der Waals surface area contributed by atoms with E-state index in [0.717, 1.165) is 49.8 Å². The quantitative estimate of drug-likeness (QED) is 0.142. The van der Waals surface area contributed by atoms with Crippen molar-refractivity contribution in [2.75, 3.05) is 20.7 Å². The van der Waals surface area contributed by atoms with Crippen LogP contribution in [0.1, 0.15) is 71.4 Å². The highest BCUT2D eigenvalue weighted by molar-refractivity contribution is 5.85. The summed E-state index contributed by atoms with van der Waals surface area (Å²) in [7, 11) is 4.00. The molecule has 1 spiro atoms. The number of rotatable bonds is 7. The smallest absolute Gasteiger partial charge is 0.336 e.